The topological polar surface area (TPSA) is 68.3 Å². The SMILES string of the molecule is Clc1cc(Cl)cc(Nc2nccc(Nc3ccc4c(c3)OCCO4)n2)c1. The van der Waals surface area contributed by atoms with Gasteiger partial charge in [0, 0.05) is 33.7 Å². The zero-order chi connectivity index (χ0) is 17.9. The summed E-state index contributed by atoms with van der Waals surface area (Å²) in [6.07, 6.45) is 1.65. The van der Waals surface area contributed by atoms with Crippen LogP contribution in [-0.4, -0.2) is 23.2 Å². The van der Waals surface area contributed by atoms with E-state index in [0.29, 0.717) is 46.5 Å². The van der Waals surface area contributed by atoms with Crippen molar-refractivity contribution in [2.45, 2.75) is 0 Å². The molecular formula is C18H14Cl2N4O2. The fourth-order valence-corrected chi connectivity index (χ4v) is 3.04. The molecule has 26 heavy (non-hydrogen) atoms. The zero-order valence-electron chi connectivity index (χ0n) is 13.5. The Morgan fingerprint density at radius 2 is 1.58 bits per heavy atom. The predicted octanol–water partition coefficient (Wildman–Crippen LogP) is 5.04. The molecule has 0 bridgehead atoms. The average Bonchev–Trinajstić information content (AvgIpc) is 2.61. The van der Waals surface area contributed by atoms with Gasteiger partial charge in [-0.3, -0.25) is 0 Å². The molecule has 8 heteroatoms. The lowest BCUT2D eigenvalue weighted by molar-refractivity contribution is 0.171. The normalized spacial score (nSPS) is 12.5. The molecule has 6 nitrogen and oxygen atoms in total. The van der Waals surface area contributed by atoms with Gasteiger partial charge in [0.2, 0.25) is 5.95 Å². The van der Waals surface area contributed by atoms with E-state index in [4.69, 9.17) is 32.7 Å². The summed E-state index contributed by atoms with van der Waals surface area (Å²) in [6, 6.07) is 12.6. The Hall–Kier alpha value is -2.70. The van der Waals surface area contributed by atoms with Crippen LogP contribution in [0.2, 0.25) is 10.0 Å². The first-order chi connectivity index (χ1) is 12.7. The molecule has 0 radical (unpaired) electrons. The summed E-state index contributed by atoms with van der Waals surface area (Å²) in [5.74, 6) is 2.50. The van der Waals surface area contributed by atoms with Crippen LogP contribution in [0.25, 0.3) is 0 Å². The molecule has 0 atom stereocenters. The van der Waals surface area contributed by atoms with E-state index in [1.54, 1.807) is 30.5 Å². The van der Waals surface area contributed by atoms with Gasteiger partial charge in [0.25, 0.3) is 0 Å². The van der Waals surface area contributed by atoms with Crippen molar-refractivity contribution < 1.29 is 9.47 Å². The summed E-state index contributed by atoms with van der Waals surface area (Å²) < 4.78 is 11.1. The summed E-state index contributed by atoms with van der Waals surface area (Å²) in [5.41, 5.74) is 1.55. The number of halogens is 2. The number of benzene rings is 2. The monoisotopic (exact) mass is 388 g/mol. The Balaban J connectivity index is 1.52. The zero-order valence-corrected chi connectivity index (χ0v) is 15.0. The molecule has 2 N–H and O–H groups in total. The molecule has 0 amide bonds. The van der Waals surface area contributed by atoms with E-state index in [-0.39, 0.29) is 0 Å². The number of ether oxygens (including phenoxy) is 2. The molecule has 132 valence electrons. The molecule has 2 aromatic carbocycles. The first-order valence-electron chi connectivity index (χ1n) is 7.88. The van der Waals surface area contributed by atoms with Crippen molar-refractivity contribution in [1.82, 2.24) is 9.97 Å². The average molecular weight is 389 g/mol. The summed E-state index contributed by atoms with van der Waals surface area (Å²) in [5, 5.41) is 7.38. The smallest absolute Gasteiger partial charge is 0.229 e. The van der Waals surface area contributed by atoms with Crippen LogP contribution < -0.4 is 20.1 Å². The number of nitrogens with one attached hydrogen (secondary N) is 2. The van der Waals surface area contributed by atoms with Crippen molar-refractivity contribution in [2.24, 2.45) is 0 Å². The highest BCUT2D eigenvalue weighted by atomic mass is 35.5. The number of aromatic nitrogens is 2. The van der Waals surface area contributed by atoms with Gasteiger partial charge >= 0.3 is 0 Å². The minimum Gasteiger partial charge on any atom is -0.486 e. The Bertz CT molecular complexity index is 932. The number of rotatable bonds is 4. The first kappa shape index (κ1) is 16.8. The maximum absolute atomic E-state index is 6.01. The Kier molecular flexibility index (Phi) is 4.69. The minimum absolute atomic E-state index is 0.422. The van der Waals surface area contributed by atoms with E-state index in [9.17, 15) is 0 Å². The molecule has 3 aromatic rings. The Labute approximate surface area is 160 Å². The van der Waals surface area contributed by atoms with Crippen LogP contribution in [0.3, 0.4) is 0 Å². The molecule has 1 aliphatic heterocycles. The van der Waals surface area contributed by atoms with Crippen LogP contribution in [0, 0.1) is 0 Å². The number of hydrogen-bond donors (Lipinski definition) is 2. The molecule has 0 unspecified atom stereocenters. The molecule has 2 heterocycles. The lowest BCUT2D eigenvalue weighted by atomic mass is 10.2. The van der Waals surface area contributed by atoms with Crippen LogP contribution in [0.4, 0.5) is 23.1 Å². The van der Waals surface area contributed by atoms with Crippen LogP contribution in [0.15, 0.2) is 48.7 Å². The molecule has 4 rings (SSSR count). The van der Waals surface area contributed by atoms with Crippen molar-refractivity contribution >= 4 is 46.3 Å². The van der Waals surface area contributed by atoms with Crippen LogP contribution in [-0.2, 0) is 0 Å². The van der Waals surface area contributed by atoms with Gasteiger partial charge in [-0.15, -0.1) is 0 Å². The molecule has 0 spiro atoms. The second-order valence-corrected chi connectivity index (χ2v) is 6.40. The van der Waals surface area contributed by atoms with Crippen LogP contribution >= 0.6 is 23.2 Å². The van der Waals surface area contributed by atoms with E-state index in [1.165, 1.54) is 0 Å². The van der Waals surface area contributed by atoms with Crippen molar-refractivity contribution in [1.29, 1.82) is 0 Å². The predicted molar refractivity (Wildman–Crippen MR) is 102 cm³/mol. The van der Waals surface area contributed by atoms with Crippen molar-refractivity contribution in [3.05, 3.63) is 58.7 Å². The molecular weight excluding hydrogens is 375 g/mol. The third-order valence-corrected chi connectivity index (χ3v) is 4.03. The van der Waals surface area contributed by atoms with Crippen molar-refractivity contribution in [3.8, 4) is 11.5 Å². The molecule has 0 saturated carbocycles. The highest BCUT2D eigenvalue weighted by Gasteiger charge is 2.12. The van der Waals surface area contributed by atoms with Gasteiger partial charge in [0.15, 0.2) is 11.5 Å². The third kappa shape index (κ3) is 3.92. The summed E-state index contributed by atoms with van der Waals surface area (Å²) in [4.78, 5) is 8.66. The third-order valence-electron chi connectivity index (χ3n) is 3.59. The van der Waals surface area contributed by atoms with E-state index >= 15 is 0 Å². The minimum atomic E-state index is 0.422. The van der Waals surface area contributed by atoms with E-state index < -0.39 is 0 Å². The van der Waals surface area contributed by atoms with Gasteiger partial charge < -0.3 is 20.1 Å². The fraction of sp³-hybridized carbons (Fsp3) is 0.111. The fourth-order valence-electron chi connectivity index (χ4n) is 2.51. The van der Waals surface area contributed by atoms with Crippen molar-refractivity contribution in [2.75, 3.05) is 23.8 Å². The standard InChI is InChI=1S/C18H14Cl2N4O2/c19-11-7-12(20)9-14(8-11)23-18-21-4-3-17(24-18)22-13-1-2-15-16(10-13)26-6-5-25-15/h1-4,7-10H,5-6H2,(H2,21,22,23,24). The lowest BCUT2D eigenvalue weighted by Crippen LogP contribution is -2.15. The summed E-state index contributed by atoms with van der Waals surface area (Å²) >= 11 is 12.0. The highest BCUT2D eigenvalue weighted by molar-refractivity contribution is 6.35. The maximum Gasteiger partial charge on any atom is 0.229 e. The van der Waals surface area contributed by atoms with E-state index in [2.05, 4.69) is 20.6 Å². The van der Waals surface area contributed by atoms with Gasteiger partial charge in [0.05, 0.1) is 0 Å². The summed E-state index contributed by atoms with van der Waals surface area (Å²) in [6.45, 7) is 1.11. The van der Waals surface area contributed by atoms with Gasteiger partial charge in [-0.05, 0) is 36.4 Å². The largest absolute Gasteiger partial charge is 0.486 e. The highest BCUT2D eigenvalue weighted by Crippen LogP contribution is 2.33. The van der Waals surface area contributed by atoms with Gasteiger partial charge in [-0.25, -0.2) is 4.98 Å². The number of fused-ring (bicyclic) bond motifs is 1. The lowest BCUT2D eigenvalue weighted by Gasteiger charge is -2.19. The van der Waals surface area contributed by atoms with Gasteiger partial charge in [-0.2, -0.15) is 4.98 Å². The quantitative estimate of drug-likeness (QED) is 0.652. The molecule has 1 aliphatic rings. The number of anilines is 4. The van der Waals surface area contributed by atoms with E-state index in [0.717, 1.165) is 11.4 Å². The molecule has 0 saturated heterocycles. The number of hydrogen-bond acceptors (Lipinski definition) is 6. The van der Waals surface area contributed by atoms with E-state index in [1.807, 2.05) is 18.2 Å². The molecule has 1 aromatic heterocycles. The molecule has 0 fully saturated rings. The molecule has 0 aliphatic carbocycles. The second-order valence-electron chi connectivity index (χ2n) is 5.53. The Morgan fingerprint density at radius 3 is 2.38 bits per heavy atom. The second kappa shape index (κ2) is 7.27. The van der Waals surface area contributed by atoms with Crippen LogP contribution in [0.1, 0.15) is 0 Å². The summed E-state index contributed by atoms with van der Waals surface area (Å²) in [7, 11) is 0. The van der Waals surface area contributed by atoms with Crippen LogP contribution in [0.5, 0.6) is 11.5 Å². The first-order valence-corrected chi connectivity index (χ1v) is 8.64. The number of nitrogens with zero attached hydrogens (tertiary/aromatic N) is 2. The van der Waals surface area contributed by atoms with Gasteiger partial charge in [0.1, 0.15) is 19.0 Å². The Morgan fingerprint density at radius 1 is 0.808 bits per heavy atom. The maximum atomic E-state index is 6.01. The van der Waals surface area contributed by atoms with Gasteiger partial charge in [-0.1, -0.05) is 23.2 Å². The van der Waals surface area contributed by atoms with Crippen molar-refractivity contribution in [3.63, 3.8) is 0 Å².